The van der Waals surface area contributed by atoms with Crippen LogP contribution in [0.5, 0.6) is 11.5 Å². The van der Waals surface area contributed by atoms with Gasteiger partial charge in [-0.1, -0.05) is 25.5 Å². The van der Waals surface area contributed by atoms with Crippen LogP contribution >= 0.6 is 0 Å². The molecule has 1 aliphatic heterocycles. The van der Waals surface area contributed by atoms with E-state index < -0.39 is 30.6 Å². The number of aromatic hydroxyl groups is 1. The van der Waals surface area contributed by atoms with E-state index in [4.69, 9.17) is 14.2 Å². The van der Waals surface area contributed by atoms with E-state index in [0.717, 1.165) is 30.4 Å². The van der Waals surface area contributed by atoms with Crippen LogP contribution in [0.25, 0.3) is 0 Å². The minimum atomic E-state index is -1.44. The van der Waals surface area contributed by atoms with Crippen molar-refractivity contribution in [1.29, 1.82) is 0 Å². The SMILES string of the molecule is CC(=O)O[C@@H]1CO[C@@H](Oc2c(C)c3c4c(c2O)[C@@H](C)CC[C@@H]4[C@@H](C)C[C@H]3C=C(C)C)C(O)C1O. The molecule has 0 spiro atoms. The van der Waals surface area contributed by atoms with Gasteiger partial charge >= 0.3 is 5.97 Å². The average molecular weight is 475 g/mol. The molecule has 2 unspecified atom stereocenters. The zero-order valence-electron chi connectivity index (χ0n) is 21.0. The third-order valence-electron chi connectivity index (χ3n) is 7.77. The Morgan fingerprint density at radius 2 is 1.76 bits per heavy atom. The average Bonchev–Trinajstić information content (AvgIpc) is 2.74. The third-order valence-corrected chi connectivity index (χ3v) is 7.77. The molecule has 34 heavy (non-hydrogen) atoms. The molecule has 0 radical (unpaired) electrons. The molecule has 7 nitrogen and oxygen atoms in total. The molecule has 1 saturated heterocycles. The maximum absolute atomic E-state index is 11.4. The third kappa shape index (κ3) is 4.34. The Balaban J connectivity index is 1.76. The number of benzene rings is 1. The number of esters is 1. The van der Waals surface area contributed by atoms with E-state index in [0.29, 0.717) is 17.6 Å². The number of aliphatic hydroxyl groups excluding tert-OH is 2. The molecule has 7 heteroatoms. The molecule has 0 amide bonds. The Morgan fingerprint density at radius 3 is 2.41 bits per heavy atom. The van der Waals surface area contributed by atoms with Crippen molar-refractivity contribution in [3.8, 4) is 11.5 Å². The first kappa shape index (κ1) is 25.0. The van der Waals surface area contributed by atoms with Crippen molar-refractivity contribution in [2.75, 3.05) is 6.61 Å². The molecular formula is C27H38O7. The molecule has 8 atom stereocenters. The van der Waals surface area contributed by atoms with Crippen molar-refractivity contribution in [2.45, 2.75) is 103 Å². The molecule has 1 aromatic rings. The van der Waals surface area contributed by atoms with Crippen LogP contribution in [0.3, 0.4) is 0 Å². The largest absolute Gasteiger partial charge is 0.504 e. The molecule has 188 valence electrons. The van der Waals surface area contributed by atoms with Crippen molar-refractivity contribution < 1.29 is 34.3 Å². The molecule has 0 bridgehead atoms. The minimum absolute atomic E-state index is 0.103. The van der Waals surface area contributed by atoms with Gasteiger partial charge in [0.05, 0.1) is 6.61 Å². The summed E-state index contributed by atoms with van der Waals surface area (Å²) in [5, 5.41) is 32.6. The van der Waals surface area contributed by atoms with Gasteiger partial charge in [-0.2, -0.15) is 0 Å². The van der Waals surface area contributed by atoms with Crippen molar-refractivity contribution in [1.82, 2.24) is 0 Å². The van der Waals surface area contributed by atoms with E-state index in [9.17, 15) is 20.1 Å². The van der Waals surface area contributed by atoms with E-state index in [-0.39, 0.29) is 24.2 Å². The van der Waals surface area contributed by atoms with Gasteiger partial charge in [0.1, 0.15) is 12.2 Å². The maximum Gasteiger partial charge on any atom is 0.303 e. The lowest BCUT2D eigenvalue weighted by molar-refractivity contribution is -0.248. The van der Waals surface area contributed by atoms with Gasteiger partial charge in [0.2, 0.25) is 6.29 Å². The fraction of sp³-hybridized carbons (Fsp3) is 0.667. The Hall–Kier alpha value is -2.09. The first-order chi connectivity index (χ1) is 16.0. The second-order valence-electron chi connectivity index (χ2n) is 10.6. The number of ether oxygens (including phenoxy) is 3. The molecule has 0 aromatic heterocycles. The summed E-state index contributed by atoms with van der Waals surface area (Å²) >= 11 is 0. The Bertz CT molecular complexity index is 980. The second kappa shape index (κ2) is 9.51. The molecule has 1 aromatic carbocycles. The Kier molecular flexibility index (Phi) is 7.00. The molecule has 4 rings (SSSR count). The number of carbonyl (C=O) groups excluding carboxylic acids is 1. The molecule has 3 N–H and O–H groups in total. The summed E-state index contributed by atoms with van der Waals surface area (Å²) in [6, 6.07) is 0. The summed E-state index contributed by atoms with van der Waals surface area (Å²) in [7, 11) is 0. The Morgan fingerprint density at radius 1 is 1.06 bits per heavy atom. The first-order valence-electron chi connectivity index (χ1n) is 12.4. The zero-order valence-corrected chi connectivity index (χ0v) is 21.0. The van der Waals surface area contributed by atoms with Gasteiger partial charge in [-0.05, 0) is 74.5 Å². The summed E-state index contributed by atoms with van der Waals surface area (Å²) in [6.07, 6.45) is 0.466. The van der Waals surface area contributed by atoms with E-state index in [1.54, 1.807) is 0 Å². The van der Waals surface area contributed by atoms with E-state index in [1.807, 2.05) is 6.92 Å². The van der Waals surface area contributed by atoms with Crippen LogP contribution in [0.4, 0.5) is 0 Å². The van der Waals surface area contributed by atoms with Crippen LogP contribution in [-0.2, 0) is 14.3 Å². The second-order valence-corrected chi connectivity index (χ2v) is 10.6. The van der Waals surface area contributed by atoms with Crippen LogP contribution in [-0.4, -0.2) is 52.5 Å². The van der Waals surface area contributed by atoms with Gasteiger partial charge in [-0.25, -0.2) is 0 Å². The number of phenols is 1. The summed E-state index contributed by atoms with van der Waals surface area (Å²) in [4.78, 5) is 11.3. The smallest absolute Gasteiger partial charge is 0.303 e. The van der Waals surface area contributed by atoms with Gasteiger partial charge in [0.25, 0.3) is 0 Å². The highest BCUT2D eigenvalue weighted by Crippen LogP contribution is 2.58. The number of rotatable bonds is 4. The molecule has 3 aliphatic rings. The lowest BCUT2D eigenvalue weighted by atomic mass is 9.62. The predicted molar refractivity (Wildman–Crippen MR) is 127 cm³/mol. The Labute approximate surface area is 201 Å². The lowest BCUT2D eigenvalue weighted by Crippen LogP contribution is -2.56. The number of hydrogen-bond acceptors (Lipinski definition) is 7. The summed E-state index contributed by atoms with van der Waals surface area (Å²) in [5.41, 5.74) is 5.50. The quantitative estimate of drug-likeness (QED) is 0.444. The summed E-state index contributed by atoms with van der Waals surface area (Å²) in [6.45, 7) is 11.7. The number of hydrogen-bond donors (Lipinski definition) is 3. The highest BCUT2D eigenvalue weighted by molar-refractivity contribution is 5.66. The fourth-order valence-corrected chi connectivity index (χ4v) is 6.25. The van der Waals surface area contributed by atoms with Gasteiger partial charge in [-0.15, -0.1) is 0 Å². The number of aliphatic hydroxyl groups is 2. The molecule has 1 heterocycles. The van der Waals surface area contributed by atoms with Crippen LogP contribution in [0.1, 0.15) is 93.9 Å². The van der Waals surface area contributed by atoms with Crippen molar-refractivity contribution >= 4 is 5.97 Å². The number of phenolic OH excluding ortho intramolecular Hbond substituents is 1. The molecule has 0 saturated carbocycles. The van der Waals surface area contributed by atoms with Crippen LogP contribution < -0.4 is 4.74 Å². The standard InChI is InChI=1S/C27H38O7/c1-12(2)9-17-10-14(4)18-8-7-13(3)20-22(18)21(17)15(5)26(24(20)30)34-27-25(31)23(29)19(11-32-27)33-16(6)28/h9,13-14,17-19,23,25,27,29-31H,7-8,10-11H2,1-6H3/t13-,14-,17+,18+,19+,23?,25?,27-/m0/s1. The fourth-order valence-electron chi connectivity index (χ4n) is 6.25. The van der Waals surface area contributed by atoms with Gasteiger partial charge in [0, 0.05) is 18.4 Å². The van der Waals surface area contributed by atoms with E-state index in [2.05, 4.69) is 33.8 Å². The molecule has 1 fully saturated rings. The van der Waals surface area contributed by atoms with Gasteiger partial charge in [0.15, 0.2) is 17.6 Å². The molecular weight excluding hydrogens is 436 g/mol. The van der Waals surface area contributed by atoms with Crippen molar-refractivity contribution in [3.05, 3.63) is 33.9 Å². The maximum atomic E-state index is 11.4. The zero-order chi connectivity index (χ0) is 24.9. The highest BCUT2D eigenvalue weighted by Gasteiger charge is 2.44. The molecule has 2 aliphatic carbocycles. The predicted octanol–water partition coefficient (Wildman–Crippen LogP) is 4.16. The van der Waals surface area contributed by atoms with Gasteiger partial charge in [-0.3, -0.25) is 4.79 Å². The van der Waals surface area contributed by atoms with Crippen molar-refractivity contribution in [2.24, 2.45) is 5.92 Å². The summed E-state index contributed by atoms with van der Waals surface area (Å²) < 4.78 is 16.8. The summed E-state index contributed by atoms with van der Waals surface area (Å²) in [5.74, 6) is 1.16. The van der Waals surface area contributed by atoms with E-state index in [1.165, 1.54) is 23.6 Å². The van der Waals surface area contributed by atoms with E-state index >= 15 is 0 Å². The van der Waals surface area contributed by atoms with Gasteiger partial charge < -0.3 is 29.5 Å². The van der Waals surface area contributed by atoms with Crippen LogP contribution in [0.15, 0.2) is 11.6 Å². The minimum Gasteiger partial charge on any atom is -0.504 e. The van der Waals surface area contributed by atoms with Crippen LogP contribution in [0.2, 0.25) is 0 Å². The normalized spacial score (nSPS) is 34.7. The first-order valence-corrected chi connectivity index (χ1v) is 12.4. The van der Waals surface area contributed by atoms with Crippen LogP contribution in [0, 0.1) is 12.8 Å². The monoisotopic (exact) mass is 474 g/mol. The topological polar surface area (TPSA) is 105 Å². The number of allylic oxidation sites excluding steroid dienone is 2. The number of carbonyl (C=O) groups is 1. The van der Waals surface area contributed by atoms with Crippen molar-refractivity contribution in [3.63, 3.8) is 0 Å². The lowest BCUT2D eigenvalue weighted by Gasteiger charge is -2.44. The highest BCUT2D eigenvalue weighted by atomic mass is 16.7.